The molecule has 1 aliphatic carbocycles. The molecule has 5 heteroatoms. The van der Waals surface area contributed by atoms with Gasteiger partial charge in [-0.1, -0.05) is 36.6 Å². The van der Waals surface area contributed by atoms with E-state index in [1.54, 1.807) is 0 Å². The summed E-state index contributed by atoms with van der Waals surface area (Å²) in [4.78, 5) is 14.8. The Morgan fingerprint density at radius 1 is 1.15 bits per heavy atom. The Labute approximate surface area is 159 Å². The molecule has 1 aliphatic heterocycles. The smallest absolute Gasteiger partial charge is 0.222 e. The van der Waals surface area contributed by atoms with E-state index in [0.29, 0.717) is 17.7 Å². The average Bonchev–Trinajstić information content (AvgIpc) is 3.34. The number of nitrogens with one attached hydrogen (secondary N) is 1. The Morgan fingerprint density at radius 2 is 1.92 bits per heavy atom. The minimum absolute atomic E-state index is 0.324. The molecule has 4 rings (SSSR count). The molecular weight excluding hydrogens is 346 g/mol. The fourth-order valence-electron chi connectivity index (χ4n) is 4.50. The summed E-state index contributed by atoms with van der Waals surface area (Å²) in [7, 11) is 0. The third kappa shape index (κ3) is 3.80. The molecule has 0 radical (unpaired) electrons. The summed E-state index contributed by atoms with van der Waals surface area (Å²) >= 11 is 6.02. The number of hydrogen-bond acceptors (Lipinski definition) is 2. The lowest BCUT2D eigenvalue weighted by Crippen LogP contribution is -2.39. The molecule has 0 unspecified atom stereocenters. The molecule has 1 N–H and O–H groups in total. The number of halogens is 1. The second-order valence-electron chi connectivity index (χ2n) is 7.74. The van der Waals surface area contributed by atoms with Crippen molar-refractivity contribution in [2.45, 2.75) is 50.9 Å². The Hall–Kier alpha value is -1.81. The van der Waals surface area contributed by atoms with Crippen LogP contribution in [0.1, 0.15) is 56.6 Å². The maximum absolute atomic E-state index is 12.7. The van der Waals surface area contributed by atoms with E-state index in [4.69, 9.17) is 11.6 Å². The van der Waals surface area contributed by atoms with Crippen LogP contribution in [0.25, 0.3) is 11.1 Å². The molecule has 1 aromatic carbocycles. The van der Waals surface area contributed by atoms with Gasteiger partial charge in [0.1, 0.15) is 0 Å². The molecular formula is C21H26ClN3O. The van der Waals surface area contributed by atoms with Crippen molar-refractivity contribution in [1.82, 2.24) is 15.1 Å². The van der Waals surface area contributed by atoms with Gasteiger partial charge in [0.15, 0.2) is 0 Å². The zero-order valence-corrected chi connectivity index (χ0v) is 15.8. The van der Waals surface area contributed by atoms with Gasteiger partial charge in [-0.15, -0.1) is 0 Å². The zero-order valence-electron chi connectivity index (χ0n) is 15.1. The van der Waals surface area contributed by atoms with Crippen LogP contribution in [0.3, 0.4) is 0 Å². The minimum atomic E-state index is 0.324. The average molecular weight is 372 g/mol. The van der Waals surface area contributed by atoms with Crippen LogP contribution < -0.4 is 0 Å². The van der Waals surface area contributed by atoms with Crippen LogP contribution in [0.2, 0.25) is 5.02 Å². The highest BCUT2D eigenvalue weighted by atomic mass is 35.5. The van der Waals surface area contributed by atoms with Crippen LogP contribution in [0.5, 0.6) is 0 Å². The third-order valence-corrected chi connectivity index (χ3v) is 6.20. The van der Waals surface area contributed by atoms with E-state index >= 15 is 0 Å². The number of carbonyl (C=O) groups is 1. The number of piperidine rings is 1. The molecule has 2 aliphatic rings. The van der Waals surface area contributed by atoms with Gasteiger partial charge in [-0.2, -0.15) is 5.10 Å². The van der Waals surface area contributed by atoms with E-state index in [-0.39, 0.29) is 0 Å². The zero-order chi connectivity index (χ0) is 17.9. The molecule has 1 atom stereocenters. The van der Waals surface area contributed by atoms with Crippen molar-refractivity contribution in [2.24, 2.45) is 5.92 Å². The number of likely N-dealkylation sites (tertiary alicyclic amines) is 1. The molecule has 1 saturated heterocycles. The number of amides is 1. The molecule has 0 spiro atoms. The first-order valence-electron chi connectivity index (χ1n) is 9.77. The van der Waals surface area contributed by atoms with Crippen molar-refractivity contribution in [2.75, 3.05) is 13.1 Å². The van der Waals surface area contributed by atoms with Crippen LogP contribution in [0, 0.1) is 5.92 Å². The van der Waals surface area contributed by atoms with E-state index in [0.717, 1.165) is 54.2 Å². The molecule has 0 bridgehead atoms. The fourth-order valence-corrected chi connectivity index (χ4v) is 4.62. The van der Waals surface area contributed by atoms with Crippen molar-refractivity contribution >= 4 is 17.5 Å². The Balaban J connectivity index is 1.47. The number of benzene rings is 1. The Kier molecular flexibility index (Phi) is 5.30. The quantitative estimate of drug-likeness (QED) is 0.820. The molecule has 138 valence electrons. The van der Waals surface area contributed by atoms with Crippen molar-refractivity contribution in [3.05, 3.63) is 41.2 Å². The summed E-state index contributed by atoms with van der Waals surface area (Å²) in [5.74, 6) is 1.28. The van der Waals surface area contributed by atoms with Crippen LogP contribution >= 0.6 is 11.6 Å². The lowest BCUT2D eigenvalue weighted by molar-refractivity contribution is -0.133. The van der Waals surface area contributed by atoms with E-state index in [9.17, 15) is 4.79 Å². The standard InChI is InChI=1S/C21H26ClN3O/c22-18-9-7-16(8-10-18)19-13-23-24-21(19)17-6-3-11-25(14-17)20(26)12-15-4-1-2-5-15/h7-10,13,15,17H,1-6,11-12,14H2,(H,23,24)/t17-/m1/s1. The van der Waals surface area contributed by atoms with Crippen LogP contribution in [-0.4, -0.2) is 34.1 Å². The predicted octanol–water partition coefficient (Wildman–Crippen LogP) is 5.02. The molecule has 1 amide bonds. The first kappa shape index (κ1) is 17.6. The van der Waals surface area contributed by atoms with Crippen LogP contribution in [0.15, 0.2) is 30.5 Å². The first-order chi connectivity index (χ1) is 12.7. The van der Waals surface area contributed by atoms with Crippen molar-refractivity contribution < 1.29 is 4.79 Å². The van der Waals surface area contributed by atoms with Gasteiger partial charge in [-0.05, 0) is 49.3 Å². The topological polar surface area (TPSA) is 49.0 Å². The fraction of sp³-hybridized carbons (Fsp3) is 0.524. The van der Waals surface area contributed by atoms with Gasteiger partial charge in [0, 0.05) is 41.7 Å². The highest BCUT2D eigenvalue weighted by Crippen LogP contribution is 2.34. The Morgan fingerprint density at radius 3 is 2.69 bits per heavy atom. The van der Waals surface area contributed by atoms with E-state index in [1.165, 1.54) is 25.7 Å². The number of aromatic amines is 1. The van der Waals surface area contributed by atoms with Gasteiger partial charge >= 0.3 is 0 Å². The van der Waals surface area contributed by atoms with Gasteiger partial charge in [0.25, 0.3) is 0 Å². The maximum Gasteiger partial charge on any atom is 0.222 e. The summed E-state index contributed by atoms with van der Waals surface area (Å²) < 4.78 is 0. The highest BCUT2D eigenvalue weighted by Gasteiger charge is 2.29. The first-order valence-corrected chi connectivity index (χ1v) is 10.2. The van der Waals surface area contributed by atoms with E-state index in [2.05, 4.69) is 15.1 Å². The molecule has 1 aromatic heterocycles. The van der Waals surface area contributed by atoms with Crippen LogP contribution in [-0.2, 0) is 4.79 Å². The number of nitrogens with zero attached hydrogens (tertiary/aromatic N) is 2. The molecule has 2 aromatic rings. The molecule has 4 nitrogen and oxygen atoms in total. The summed E-state index contributed by atoms with van der Waals surface area (Å²) in [6.07, 6.45) is 9.81. The molecule has 1 saturated carbocycles. The molecule has 2 fully saturated rings. The number of aromatic nitrogens is 2. The van der Waals surface area contributed by atoms with Crippen molar-refractivity contribution in [3.63, 3.8) is 0 Å². The van der Waals surface area contributed by atoms with E-state index in [1.807, 2.05) is 30.5 Å². The summed E-state index contributed by atoms with van der Waals surface area (Å²) in [5.41, 5.74) is 3.38. The summed E-state index contributed by atoms with van der Waals surface area (Å²) in [5, 5.41) is 8.22. The van der Waals surface area contributed by atoms with Gasteiger partial charge in [0.2, 0.25) is 5.91 Å². The van der Waals surface area contributed by atoms with Gasteiger partial charge in [-0.3, -0.25) is 9.89 Å². The number of carbonyl (C=O) groups excluding carboxylic acids is 1. The minimum Gasteiger partial charge on any atom is -0.342 e. The third-order valence-electron chi connectivity index (χ3n) is 5.94. The highest BCUT2D eigenvalue weighted by molar-refractivity contribution is 6.30. The van der Waals surface area contributed by atoms with E-state index < -0.39 is 0 Å². The van der Waals surface area contributed by atoms with Crippen LogP contribution in [0.4, 0.5) is 0 Å². The molecule has 2 heterocycles. The molecule has 26 heavy (non-hydrogen) atoms. The van der Waals surface area contributed by atoms with Gasteiger partial charge in [0.05, 0.1) is 6.20 Å². The Bertz CT molecular complexity index is 749. The van der Waals surface area contributed by atoms with Crippen molar-refractivity contribution in [1.29, 1.82) is 0 Å². The number of rotatable bonds is 4. The SMILES string of the molecule is O=C(CC1CCCC1)N1CCC[C@@H](c2[nH]ncc2-c2ccc(Cl)cc2)C1. The lowest BCUT2D eigenvalue weighted by Gasteiger charge is -2.33. The predicted molar refractivity (Wildman–Crippen MR) is 104 cm³/mol. The summed E-state index contributed by atoms with van der Waals surface area (Å²) in [6.45, 7) is 1.70. The van der Waals surface area contributed by atoms with Crippen molar-refractivity contribution in [3.8, 4) is 11.1 Å². The number of hydrogen-bond donors (Lipinski definition) is 1. The van der Waals surface area contributed by atoms with Gasteiger partial charge in [-0.25, -0.2) is 0 Å². The maximum atomic E-state index is 12.7. The largest absolute Gasteiger partial charge is 0.342 e. The second kappa shape index (κ2) is 7.83. The van der Waals surface area contributed by atoms with Gasteiger partial charge < -0.3 is 4.90 Å². The normalized spacial score (nSPS) is 21.3. The monoisotopic (exact) mass is 371 g/mol. The lowest BCUT2D eigenvalue weighted by atomic mass is 9.90. The second-order valence-corrected chi connectivity index (χ2v) is 8.17. The number of H-pyrrole nitrogens is 1. The summed E-state index contributed by atoms with van der Waals surface area (Å²) in [6, 6.07) is 7.88.